The number of carbonyl (C=O) groups excluding carboxylic acids is 4. The number of pyridine rings is 1. The number of rotatable bonds is 7. The lowest BCUT2D eigenvalue weighted by molar-refractivity contribution is -0.148. The molecule has 4 aliphatic rings. The summed E-state index contributed by atoms with van der Waals surface area (Å²) in [7, 11) is 0. The average molecular weight is 712 g/mol. The maximum absolute atomic E-state index is 14.3. The number of anilines is 1. The molecule has 13 heteroatoms. The molecule has 8 rings (SSSR count). The first-order valence-corrected chi connectivity index (χ1v) is 17.1. The highest BCUT2D eigenvalue weighted by molar-refractivity contribution is 9.10. The van der Waals surface area contributed by atoms with Crippen LogP contribution in [0.2, 0.25) is 0 Å². The van der Waals surface area contributed by atoms with Gasteiger partial charge in [-0.05, 0) is 108 Å². The molecule has 48 heavy (non-hydrogen) atoms. The Bertz CT molecular complexity index is 2040. The molecule has 4 fully saturated rings. The molecule has 1 aromatic carbocycles. The van der Waals surface area contributed by atoms with Crippen LogP contribution < -0.4 is 5.32 Å². The molecule has 246 valence electrons. The summed E-state index contributed by atoms with van der Waals surface area (Å²) >= 11 is 3.37. The molecule has 1 N–H and O–H groups in total. The van der Waals surface area contributed by atoms with Gasteiger partial charge in [0.2, 0.25) is 17.7 Å². The Morgan fingerprint density at radius 2 is 1.58 bits per heavy atom. The number of halogens is 1. The number of nitrogens with one attached hydrogen (secondary N) is 1. The third-order valence-electron chi connectivity index (χ3n) is 10.5. The Balaban J connectivity index is 1.05. The van der Waals surface area contributed by atoms with E-state index in [2.05, 4.69) is 41.3 Å². The minimum Gasteiger partial charge on any atom is -0.328 e. The number of aryl methyl sites for hydroxylation is 3. The number of fused-ring (bicyclic) bond motifs is 3. The molecule has 3 amide bonds. The van der Waals surface area contributed by atoms with Crippen molar-refractivity contribution in [3.8, 4) is 11.1 Å². The third-order valence-corrected chi connectivity index (χ3v) is 10.9. The predicted molar refractivity (Wildman–Crippen MR) is 180 cm³/mol. The van der Waals surface area contributed by atoms with Gasteiger partial charge in [0.1, 0.15) is 40.6 Å². The summed E-state index contributed by atoms with van der Waals surface area (Å²) < 4.78 is 2.21. The van der Waals surface area contributed by atoms with Crippen molar-refractivity contribution in [3.05, 3.63) is 63.9 Å². The van der Waals surface area contributed by atoms with Crippen LogP contribution >= 0.6 is 15.9 Å². The number of likely N-dealkylation sites (tertiary alicyclic amines) is 2. The summed E-state index contributed by atoms with van der Waals surface area (Å²) in [4.78, 5) is 71.2. The fourth-order valence-corrected chi connectivity index (χ4v) is 8.20. The highest BCUT2D eigenvalue weighted by Crippen LogP contribution is 2.54. The second kappa shape index (κ2) is 11.3. The maximum atomic E-state index is 14.3. The molecule has 0 spiro atoms. The van der Waals surface area contributed by atoms with Gasteiger partial charge in [0.25, 0.3) is 0 Å². The summed E-state index contributed by atoms with van der Waals surface area (Å²) in [5.74, 6) is 1.06. The van der Waals surface area contributed by atoms with Crippen LogP contribution in [0.15, 0.2) is 41.3 Å². The van der Waals surface area contributed by atoms with Gasteiger partial charge in [0.15, 0.2) is 5.78 Å². The normalized spacial score (nSPS) is 25.2. The van der Waals surface area contributed by atoms with Crippen LogP contribution in [0.3, 0.4) is 0 Å². The summed E-state index contributed by atoms with van der Waals surface area (Å²) in [5, 5.41) is 8.24. The lowest BCUT2D eigenvalue weighted by Crippen LogP contribution is -2.55. The number of piperidine rings is 2. The number of ketones is 1. The summed E-state index contributed by atoms with van der Waals surface area (Å²) in [5.41, 5.74) is 4.34. The van der Waals surface area contributed by atoms with Crippen molar-refractivity contribution < 1.29 is 19.2 Å². The molecular weight excluding hydrogens is 676 g/mol. The van der Waals surface area contributed by atoms with Crippen LogP contribution in [0.4, 0.5) is 5.82 Å². The zero-order valence-corrected chi connectivity index (χ0v) is 28.7. The smallest absolute Gasteiger partial charge is 0.248 e. The van der Waals surface area contributed by atoms with Gasteiger partial charge < -0.3 is 15.1 Å². The van der Waals surface area contributed by atoms with E-state index >= 15 is 0 Å². The van der Waals surface area contributed by atoms with Gasteiger partial charge in [-0.2, -0.15) is 5.10 Å². The van der Waals surface area contributed by atoms with Crippen molar-refractivity contribution in [1.82, 2.24) is 34.5 Å². The van der Waals surface area contributed by atoms with Gasteiger partial charge in [0.05, 0.1) is 5.52 Å². The van der Waals surface area contributed by atoms with E-state index in [1.165, 1.54) is 6.92 Å². The standard InChI is InChI=1S/C35H35BrN8O4/c1-16-5-6-27(36)39-33(16)40-34(47)31-24-9-22(24)14-43(31)35(48)32-25-10-21(25)13-42(32)28(46)15-44-30-17(2)7-20(23-11-37-19(4)38-12-23)8-26(30)29(41-44)18(3)45/h5-8,11-12,21-22,24-25,31-32H,9-10,13-15H2,1-4H3,(H,39,40,47)/t21-,22-,24-,25-,31+,32+/m1/s1. The third kappa shape index (κ3) is 5.19. The summed E-state index contributed by atoms with van der Waals surface area (Å²) in [6.45, 7) is 8.00. The van der Waals surface area contributed by atoms with E-state index in [-0.39, 0.29) is 53.5 Å². The molecule has 0 bridgehead atoms. The van der Waals surface area contributed by atoms with Crippen molar-refractivity contribution in [2.24, 2.45) is 23.7 Å². The van der Waals surface area contributed by atoms with Crippen LogP contribution in [0.25, 0.3) is 22.0 Å². The van der Waals surface area contributed by atoms with Crippen molar-refractivity contribution >= 4 is 56.2 Å². The first kappa shape index (κ1) is 30.8. The zero-order chi connectivity index (χ0) is 33.6. The number of carbonyl (C=O) groups is 4. The molecular formula is C35H35BrN8O4. The number of aromatic nitrogens is 5. The van der Waals surface area contributed by atoms with Crippen molar-refractivity contribution in [2.45, 2.75) is 59.2 Å². The van der Waals surface area contributed by atoms with E-state index in [0.29, 0.717) is 46.2 Å². The first-order valence-electron chi connectivity index (χ1n) is 16.3. The molecule has 0 radical (unpaired) electrons. The molecule has 2 saturated heterocycles. The number of hydrogen-bond donors (Lipinski definition) is 1. The van der Waals surface area contributed by atoms with E-state index in [1.807, 2.05) is 45.0 Å². The Morgan fingerprint density at radius 3 is 2.29 bits per heavy atom. The molecule has 2 aliphatic carbocycles. The zero-order valence-electron chi connectivity index (χ0n) is 27.1. The van der Waals surface area contributed by atoms with E-state index in [1.54, 1.807) is 26.9 Å². The first-order chi connectivity index (χ1) is 23.0. The van der Waals surface area contributed by atoms with Crippen molar-refractivity contribution in [1.29, 1.82) is 0 Å². The highest BCUT2D eigenvalue weighted by Gasteiger charge is 2.62. The fourth-order valence-electron chi connectivity index (χ4n) is 7.89. The van der Waals surface area contributed by atoms with E-state index < -0.39 is 12.1 Å². The minimum absolute atomic E-state index is 0.0826. The molecule has 2 saturated carbocycles. The van der Waals surface area contributed by atoms with E-state index in [0.717, 1.165) is 35.1 Å². The number of hydrogen-bond acceptors (Lipinski definition) is 8. The van der Waals surface area contributed by atoms with Crippen molar-refractivity contribution in [3.63, 3.8) is 0 Å². The van der Waals surface area contributed by atoms with Gasteiger partial charge >= 0.3 is 0 Å². The van der Waals surface area contributed by atoms with Crippen LogP contribution in [0.5, 0.6) is 0 Å². The quantitative estimate of drug-likeness (QED) is 0.223. The Labute approximate surface area is 285 Å². The predicted octanol–water partition coefficient (Wildman–Crippen LogP) is 4.11. The number of Topliss-reactive ketones (excluding diaryl/α,β-unsaturated/α-hetero) is 1. The molecule has 12 nitrogen and oxygen atoms in total. The molecule has 3 aromatic heterocycles. The fraction of sp³-hybridized carbons (Fsp3) is 0.429. The monoisotopic (exact) mass is 710 g/mol. The van der Waals surface area contributed by atoms with Crippen LogP contribution in [0.1, 0.15) is 47.2 Å². The summed E-state index contributed by atoms with van der Waals surface area (Å²) in [6, 6.07) is 6.35. The van der Waals surface area contributed by atoms with Crippen LogP contribution in [-0.4, -0.2) is 83.2 Å². The molecule has 2 aliphatic heterocycles. The van der Waals surface area contributed by atoms with Crippen LogP contribution in [-0.2, 0) is 20.9 Å². The van der Waals surface area contributed by atoms with E-state index in [4.69, 9.17) is 0 Å². The molecule has 4 aromatic rings. The molecule has 5 heterocycles. The van der Waals surface area contributed by atoms with Gasteiger partial charge in [-0.15, -0.1) is 0 Å². The Morgan fingerprint density at radius 1 is 0.896 bits per heavy atom. The topological polar surface area (TPSA) is 143 Å². The second-order valence-corrected chi connectivity index (χ2v) is 14.6. The number of amides is 3. The van der Waals surface area contributed by atoms with E-state index in [9.17, 15) is 19.2 Å². The molecule has 6 atom stereocenters. The average Bonchev–Trinajstić information content (AvgIpc) is 3.86. The Kier molecular flexibility index (Phi) is 7.24. The van der Waals surface area contributed by atoms with Gasteiger partial charge in [-0.25, -0.2) is 15.0 Å². The maximum Gasteiger partial charge on any atom is 0.248 e. The SMILES string of the molecule is CC(=O)c1nn(CC(=O)N2C[C@H]3C[C@H]3[C@H]2C(=O)N2C[C@H]3C[C@H]3[C@H]2C(=O)Nc2nc(Br)ccc2C)c2c(C)cc(-c3cnc(C)nc3)cc12. The number of nitrogens with zero attached hydrogens (tertiary/aromatic N) is 7. The van der Waals surface area contributed by atoms with Gasteiger partial charge in [-0.1, -0.05) is 6.07 Å². The lowest BCUT2D eigenvalue weighted by atomic mass is 10.0. The highest BCUT2D eigenvalue weighted by atomic mass is 79.9. The van der Waals surface area contributed by atoms with Gasteiger partial charge in [0, 0.05) is 43.4 Å². The van der Waals surface area contributed by atoms with Crippen molar-refractivity contribution in [2.75, 3.05) is 18.4 Å². The summed E-state index contributed by atoms with van der Waals surface area (Å²) in [6.07, 6.45) is 5.30. The largest absolute Gasteiger partial charge is 0.328 e. The number of benzene rings is 1. The van der Waals surface area contributed by atoms with Crippen LogP contribution in [0, 0.1) is 44.4 Å². The lowest BCUT2D eigenvalue weighted by Gasteiger charge is -2.34. The second-order valence-electron chi connectivity index (χ2n) is 13.8. The Hall–Kier alpha value is -4.52. The minimum atomic E-state index is -0.621. The molecule has 0 unspecified atom stereocenters. The van der Waals surface area contributed by atoms with Gasteiger partial charge in [-0.3, -0.25) is 23.9 Å².